The fourth-order valence-corrected chi connectivity index (χ4v) is 7.33. The minimum absolute atomic E-state index is 0.0970. The fraction of sp³-hybridized carbons (Fsp3) is 0.400. The summed E-state index contributed by atoms with van der Waals surface area (Å²) in [6.45, 7) is 5.51. The Morgan fingerprint density at radius 2 is 0.851 bits per heavy atom. The van der Waals surface area contributed by atoms with Crippen molar-refractivity contribution in [3.63, 3.8) is 0 Å². The number of hydrogen-bond acceptors (Lipinski definition) is 6. The Balaban J connectivity index is 1.65. The smallest absolute Gasteiger partial charge is 0.207 e. The van der Waals surface area contributed by atoms with Crippen molar-refractivity contribution in [3.8, 4) is 45.3 Å². The number of phenols is 2. The zero-order valence-electron chi connectivity index (χ0n) is 27.9. The van der Waals surface area contributed by atoms with E-state index in [9.17, 15) is 18.6 Å². The minimum Gasteiger partial charge on any atom is -0.508 e. The molecule has 0 saturated heterocycles. The molecule has 0 radical (unpaired) electrons. The van der Waals surface area contributed by atoms with Gasteiger partial charge in [0.15, 0.2) is 0 Å². The Bertz CT molecular complexity index is 1510. The van der Waals surface area contributed by atoms with E-state index in [4.69, 9.17) is 9.47 Å². The Labute approximate surface area is 281 Å². The normalized spacial score (nSPS) is 11.4. The highest BCUT2D eigenvalue weighted by atomic mass is 32.2. The van der Waals surface area contributed by atoms with Crippen LogP contribution in [-0.4, -0.2) is 31.8 Å². The van der Waals surface area contributed by atoms with Crippen LogP contribution in [0.15, 0.2) is 94.7 Å². The third-order valence-corrected chi connectivity index (χ3v) is 10.2. The molecule has 0 unspecified atom stereocenters. The lowest BCUT2D eigenvalue weighted by Gasteiger charge is -2.17. The third-order valence-electron chi connectivity index (χ3n) is 8.37. The molecule has 0 heterocycles. The van der Waals surface area contributed by atoms with E-state index in [2.05, 4.69) is 13.8 Å². The van der Waals surface area contributed by atoms with Gasteiger partial charge in [0, 0.05) is 11.1 Å². The quantitative estimate of drug-likeness (QED) is 0.0918. The summed E-state index contributed by atoms with van der Waals surface area (Å²) >= 11 is 0. The van der Waals surface area contributed by atoms with Crippen LogP contribution >= 0.6 is 0 Å². The zero-order chi connectivity index (χ0) is 33.5. The number of sulfone groups is 1. The lowest BCUT2D eigenvalue weighted by Crippen LogP contribution is -2.07. The van der Waals surface area contributed by atoms with Gasteiger partial charge in [-0.25, -0.2) is 8.42 Å². The first-order valence-electron chi connectivity index (χ1n) is 17.2. The number of rotatable bonds is 20. The highest BCUT2D eigenvalue weighted by molar-refractivity contribution is 7.91. The molecule has 252 valence electrons. The van der Waals surface area contributed by atoms with Gasteiger partial charge in [-0.3, -0.25) is 0 Å². The minimum atomic E-state index is -4.06. The lowest BCUT2D eigenvalue weighted by atomic mass is 10.0. The summed E-state index contributed by atoms with van der Waals surface area (Å²) in [6, 6.07) is 23.2. The number of unbranched alkanes of at least 4 members (excludes halogenated alkanes) is 10. The van der Waals surface area contributed by atoms with E-state index in [0.29, 0.717) is 47.0 Å². The molecule has 0 bridgehead atoms. The number of phenolic OH excluding ortho intramolecular Hbond substituents is 2. The van der Waals surface area contributed by atoms with Crippen molar-refractivity contribution in [2.24, 2.45) is 0 Å². The van der Waals surface area contributed by atoms with Gasteiger partial charge in [-0.15, -0.1) is 0 Å². The van der Waals surface area contributed by atoms with Crippen LogP contribution in [0.5, 0.6) is 23.0 Å². The van der Waals surface area contributed by atoms with Crippen LogP contribution in [-0.2, 0) is 9.84 Å². The highest BCUT2D eigenvalue weighted by Gasteiger charge is 2.27. The second-order valence-corrected chi connectivity index (χ2v) is 14.0. The molecule has 47 heavy (non-hydrogen) atoms. The molecular formula is C40H50O6S. The molecule has 0 amide bonds. The van der Waals surface area contributed by atoms with Gasteiger partial charge < -0.3 is 19.7 Å². The van der Waals surface area contributed by atoms with Crippen LogP contribution in [0.25, 0.3) is 22.3 Å². The molecule has 0 fully saturated rings. The summed E-state index contributed by atoms with van der Waals surface area (Å²) in [5, 5.41) is 19.9. The van der Waals surface area contributed by atoms with E-state index in [1.54, 1.807) is 84.9 Å². The van der Waals surface area contributed by atoms with E-state index in [1.807, 2.05) is 0 Å². The molecule has 4 aromatic carbocycles. The van der Waals surface area contributed by atoms with Crippen molar-refractivity contribution < 1.29 is 28.1 Å². The van der Waals surface area contributed by atoms with Gasteiger partial charge in [0.05, 0.1) is 23.0 Å². The molecule has 2 N–H and O–H groups in total. The van der Waals surface area contributed by atoms with E-state index in [1.165, 1.54) is 51.4 Å². The average molecular weight is 659 g/mol. The number of benzene rings is 4. The number of aromatic hydroxyl groups is 2. The largest absolute Gasteiger partial charge is 0.508 e. The summed E-state index contributed by atoms with van der Waals surface area (Å²) < 4.78 is 41.3. The second kappa shape index (κ2) is 18.4. The van der Waals surface area contributed by atoms with Gasteiger partial charge in [-0.2, -0.15) is 0 Å². The van der Waals surface area contributed by atoms with Gasteiger partial charge in [0.25, 0.3) is 0 Å². The van der Waals surface area contributed by atoms with Crippen molar-refractivity contribution in [2.45, 2.75) is 101 Å². The van der Waals surface area contributed by atoms with Crippen LogP contribution in [0, 0.1) is 0 Å². The van der Waals surface area contributed by atoms with Gasteiger partial charge in [0.1, 0.15) is 23.0 Å². The van der Waals surface area contributed by atoms with Crippen molar-refractivity contribution >= 4 is 9.84 Å². The summed E-state index contributed by atoms with van der Waals surface area (Å²) in [4.78, 5) is 0.270. The Morgan fingerprint density at radius 3 is 1.23 bits per heavy atom. The van der Waals surface area contributed by atoms with E-state index < -0.39 is 9.84 Å². The van der Waals surface area contributed by atoms with Gasteiger partial charge in [-0.1, -0.05) is 102 Å². The lowest BCUT2D eigenvalue weighted by molar-refractivity contribution is 0.304. The molecule has 0 saturated carbocycles. The predicted octanol–water partition coefficient (Wildman–Crippen LogP) is 10.7. The Morgan fingerprint density at radius 1 is 0.489 bits per heavy atom. The molecule has 4 rings (SSSR count). The van der Waals surface area contributed by atoms with E-state index >= 15 is 0 Å². The molecule has 4 aromatic rings. The third kappa shape index (κ3) is 10.5. The molecule has 0 aliphatic rings. The van der Waals surface area contributed by atoms with Crippen molar-refractivity contribution in [3.05, 3.63) is 84.9 Å². The second-order valence-electron chi connectivity index (χ2n) is 12.1. The number of hydrogen-bond donors (Lipinski definition) is 2. The fourth-order valence-electron chi connectivity index (χ4n) is 5.66. The maximum Gasteiger partial charge on any atom is 0.207 e. The summed E-state index contributed by atoms with van der Waals surface area (Å²) in [5.41, 5.74) is 2.28. The standard InChI is InChI=1S/C40H50O6S/c1-3-5-7-9-11-13-27-45-35-23-25-39(37(29-35)31-15-19-33(41)20-16-31)47(43,44)40-26-24-36(46-28-14-12-10-8-6-4-2)30-38(40)32-17-21-34(42)22-18-32/h15-26,29-30,41-42H,3-14,27-28H2,1-2H3. The molecule has 7 heteroatoms. The first-order valence-corrected chi connectivity index (χ1v) is 18.7. The molecule has 0 aliphatic carbocycles. The molecule has 0 aromatic heterocycles. The van der Waals surface area contributed by atoms with Crippen LogP contribution in [0.3, 0.4) is 0 Å². The first kappa shape index (κ1) is 35.9. The van der Waals surface area contributed by atoms with Crippen molar-refractivity contribution in [2.75, 3.05) is 13.2 Å². The summed E-state index contributed by atoms with van der Waals surface area (Å²) in [7, 11) is -4.06. The van der Waals surface area contributed by atoms with Gasteiger partial charge >= 0.3 is 0 Å². The van der Waals surface area contributed by atoms with Crippen LogP contribution in [0.2, 0.25) is 0 Å². The highest BCUT2D eigenvalue weighted by Crippen LogP contribution is 2.40. The zero-order valence-corrected chi connectivity index (χ0v) is 28.7. The molecule has 0 aliphatic heterocycles. The molecular weight excluding hydrogens is 609 g/mol. The predicted molar refractivity (Wildman–Crippen MR) is 190 cm³/mol. The Kier molecular flexibility index (Phi) is 14.0. The van der Waals surface area contributed by atoms with Crippen molar-refractivity contribution in [1.29, 1.82) is 0 Å². The molecule has 0 spiro atoms. The Hall–Kier alpha value is -3.97. The maximum atomic E-state index is 14.6. The maximum absolute atomic E-state index is 14.6. The topological polar surface area (TPSA) is 93.1 Å². The molecule has 0 atom stereocenters. The SMILES string of the molecule is CCCCCCCCOc1ccc(S(=O)(=O)c2ccc(OCCCCCCCC)cc2-c2ccc(O)cc2)c(-c2ccc(O)cc2)c1. The first-order chi connectivity index (χ1) is 22.8. The van der Waals surface area contributed by atoms with Gasteiger partial charge in [-0.05, 0) is 84.6 Å². The van der Waals surface area contributed by atoms with Crippen LogP contribution in [0.1, 0.15) is 90.9 Å². The monoisotopic (exact) mass is 658 g/mol. The summed E-state index contributed by atoms with van der Waals surface area (Å²) in [5.74, 6) is 1.38. The summed E-state index contributed by atoms with van der Waals surface area (Å²) in [6.07, 6.45) is 13.8. The average Bonchev–Trinajstić information content (AvgIpc) is 3.08. The number of ether oxygens (including phenoxy) is 2. The van der Waals surface area contributed by atoms with Crippen LogP contribution < -0.4 is 9.47 Å². The van der Waals surface area contributed by atoms with E-state index in [-0.39, 0.29) is 21.3 Å². The van der Waals surface area contributed by atoms with Crippen molar-refractivity contribution in [1.82, 2.24) is 0 Å². The van der Waals surface area contributed by atoms with Crippen LogP contribution in [0.4, 0.5) is 0 Å². The molecule has 6 nitrogen and oxygen atoms in total. The van der Waals surface area contributed by atoms with E-state index in [0.717, 1.165) is 25.7 Å². The van der Waals surface area contributed by atoms with Gasteiger partial charge in [0.2, 0.25) is 9.84 Å².